The summed E-state index contributed by atoms with van der Waals surface area (Å²) in [4.78, 5) is 24.3. The van der Waals surface area contributed by atoms with Gasteiger partial charge in [0.25, 0.3) is 0 Å². The molecule has 2 aromatic heterocycles. The van der Waals surface area contributed by atoms with Gasteiger partial charge in [-0.25, -0.2) is 18.4 Å². The van der Waals surface area contributed by atoms with Gasteiger partial charge in [-0.05, 0) is 43.5 Å². The summed E-state index contributed by atoms with van der Waals surface area (Å²) in [6.45, 7) is 6.27. The van der Waals surface area contributed by atoms with E-state index in [0.717, 1.165) is 13.1 Å². The molecular formula is C25H24F2N8O. The van der Waals surface area contributed by atoms with Crippen molar-refractivity contribution < 1.29 is 13.6 Å². The molecule has 1 saturated heterocycles. The van der Waals surface area contributed by atoms with Gasteiger partial charge in [-0.1, -0.05) is 12.6 Å². The van der Waals surface area contributed by atoms with Crippen LogP contribution in [0.15, 0.2) is 61.4 Å². The molecule has 0 atom stereocenters. The van der Waals surface area contributed by atoms with Crippen molar-refractivity contribution in [2.24, 2.45) is 0 Å². The lowest BCUT2D eigenvalue weighted by molar-refractivity contribution is -0.111. The van der Waals surface area contributed by atoms with E-state index in [-0.39, 0.29) is 23.2 Å². The molecule has 2 aromatic carbocycles. The van der Waals surface area contributed by atoms with Gasteiger partial charge in [0, 0.05) is 38.1 Å². The van der Waals surface area contributed by atoms with Crippen LogP contribution in [0, 0.1) is 11.6 Å². The Morgan fingerprint density at radius 1 is 1.08 bits per heavy atom. The van der Waals surface area contributed by atoms with E-state index >= 15 is 0 Å². The molecule has 0 unspecified atom stereocenters. The van der Waals surface area contributed by atoms with Gasteiger partial charge in [0.15, 0.2) is 17.3 Å². The number of carbonyl (C=O) groups is 1. The normalized spacial score (nSPS) is 14.1. The van der Waals surface area contributed by atoms with E-state index in [0.29, 0.717) is 35.5 Å². The minimum absolute atomic E-state index is 0.0649. The summed E-state index contributed by atoms with van der Waals surface area (Å²) in [5, 5.41) is 10.5. The number of hydrogen-bond acceptors (Lipinski definition) is 7. The second-order valence-corrected chi connectivity index (χ2v) is 8.45. The number of halogens is 2. The van der Waals surface area contributed by atoms with Gasteiger partial charge in [0.2, 0.25) is 11.9 Å². The number of fused-ring (bicyclic) bond motifs is 1. The van der Waals surface area contributed by atoms with Crippen LogP contribution in [0.2, 0.25) is 0 Å². The number of nitrogens with one attached hydrogen (secondary N) is 2. The number of aromatic nitrogens is 4. The number of nitrogens with zero attached hydrogens (tertiary/aromatic N) is 6. The van der Waals surface area contributed by atoms with Gasteiger partial charge >= 0.3 is 0 Å². The summed E-state index contributed by atoms with van der Waals surface area (Å²) >= 11 is 0. The van der Waals surface area contributed by atoms with Crippen LogP contribution in [0.25, 0.3) is 16.7 Å². The summed E-state index contributed by atoms with van der Waals surface area (Å²) in [6, 6.07) is 10.1. The Balaban J connectivity index is 1.42. The lowest BCUT2D eigenvalue weighted by atomic mass is 10.2. The van der Waals surface area contributed by atoms with E-state index in [9.17, 15) is 13.6 Å². The Morgan fingerprint density at radius 2 is 1.89 bits per heavy atom. The Morgan fingerprint density at radius 3 is 2.67 bits per heavy atom. The van der Waals surface area contributed by atoms with Crippen LogP contribution in [-0.4, -0.2) is 63.8 Å². The van der Waals surface area contributed by atoms with Gasteiger partial charge in [-0.3, -0.25) is 4.79 Å². The Labute approximate surface area is 206 Å². The number of piperazine rings is 1. The molecule has 1 amide bonds. The first-order valence-electron chi connectivity index (χ1n) is 11.4. The lowest BCUT2D eigenvalue weighted by Gasteiger charge is -2.34. The average molecular weight is 491 g/mol. The first-order valence-corrected chi connectivity index (χ1v) is 11.4. The molecular weight excluding hydrogens is 466 g/mol. The zero-order chi connectivity index (χ0) is 25.2. The highest BCUT2D eigenvalue weighted by Crippen LogP contribution is 2.29. The average Bonchev–Trinajstić information content (AvgIpc) is 3.31. The molecule has 0 spiro atoms. The minimum Gasteiger partial charge on any atom is -0.367 e. The highest BCUT2D eigenvalue weighted by Gasteiger charge is 2.22. The van der Waals surface area contributed by atoms with E-state index in [2.05, 4.69) is 37.2 Å². The number of benzene rings is 2. The smallest absolute Gasteiger partial charge is 0.247 e. The van der Waals surface area contributed by atoms with Gasteiger partial charge in [-0.2, -0.15) is 10.1 Å². The molecule has 3 heterocycles. The van der Waals surface area contributed by atoms with Gasteiger partial charge < -0.3 is 20.4 Å². The summed E-state index contributed by atoms with van der Waals surface area (Å²) < 4.78 is 31.5. The first kappa shape index (κ1) is 23.4. The lowest BCUT2D eigenvalue weighted by Crippen LogP contribution is -2.44. The zero-order valence-electron chi connectivity index (χ0n) is 19.6. The van der Waals surface area contributed by atoms with Crippen LogP contribution in [-0.2, 0) is 4.79 Å². The standard InChI is InChI=1S/C25H24F2N8O/c1-3-21(36)30-17-5-4-6-18(13-17)35-24-16(15-29-35)14-28-25(32-24)31-19-7-8-20(23(27)22(19)26)34-11-9-33(2)10-12-34/h3-8,13-15H,1,9-12H2,2H3,(H,30,36)(H,28,31,32). The molecule has 5 rings (SSSR count). The first-order chi connectivity index (χ1) is 17.4. The van der Waals surface area contributed by atoms with E-state index < -0.39 is 11.6 Å². The van der Waals surface area contributed by atoms with E-state index in [1.54, 1.807) is 47.4 Å². The van der Waals surface area contributed by atoms with Crippen LogP contribution >= 0.6 is 0 Å². The molecule has 0 aliphatic carbocycles. The molecule has 2 N–H and O–H groups in total. The number of rotatable bonds is 6. The highest BCUT2D eigenvalue weighted by molar-refractivity contribution is 5.99. The Bertz CT molecular complexity index is 1450. The number of hydrogen-bond donors (Lipinski definition) is 2. The summed E-state index contributed by atoms with van der Waals surface area (Å²) in [5.74, 6) is -2.14. The van der Waals surface area contributed by atoms with Crippen molar-refractivity contribution in [3.8, 4) is 5.69 Å². The predicted octanol–water partition coefficient (Wildman–Crippen LogP) is 3.71. The fourth-order valence-corrected chi connectivity index (χ4v) is 4.02. The third-order valence-electron chi connectivity index (χ3n) is 6.00. The molecule has 184 valence electrons. The second kappa shape index (κ2) is 9.70. The zero-order valence-corrected chi connectivity index (χ0v) is 19.6. The monoisotopic (exact) mass is 490 g/mol. The van der Waals surface area contributed by atoms with Gasteiger partial charge in [0.05, 0.1) is 28.6 Å². The molecule has 4 aromatic rings. The highest BCUT2D eigenvalue weighted by atomic mass is 19.2. The van der Waals surface area contributed by atoms with Crippen LogP contribution < -0.4 is 15.5 Å². The minimum atomic E-state index is -0.991. The molecule has 1 aliphatic rings. The summed E-state index contributed by atoms with van der Waals surface area (Å²) in [5.41, 5.74) is 1.83. The molecule has 9 nitrogen and oxygen atoms in total. The second-order valence-electron chi connectivity index (χ2n) is 8.45. The maximum Gasteiger partial charge on any atom is 0.247 e. The maximum absolute atomic E-state index is 15.0. The number of amides is 1. The topological polar surface area (TPSA) is 91.2 Å². The van der Waals surface area contributed by atoms with E-state index in [1.165, 1.54) is 12.1 Å². The predicted molar refractivity (Wildman–Crippen MR) is 135 cm³/mol. The van der Waals surface area contributed by atoms with Gasteiger partial charge in [0.1, 0.15) is 0 Å². The van der Waals surface area contributed by atoms with Crippen LogP contribution in [0.3, 0.4) is 0 Å². The number of carbonyl (C=O) groups excluding carboxylic acids is 1. The molecule has 1 aliphatic heterocycles. The van der Waals surface area contributed by atoms with Crippen molar-refractivity contribution in [3.05, 3.63) is 73.1 Å². The third-order valence-corrected chi connectivity index (χ3v) is 6.00. The molecule has 11 heteroatoms. The quantitative estimate of drug-likeness (QED) is 0.398. The number of likely N-dealkylation sites (N-methyl/N-ethyl adjacent to an activating group) is 1. The fraction of sp³-hybridized carbons (Fsp3) is 0.200. The van der Waals surface area contributed by atoms with Crippen LogP contribution in [0.5, 0.6) is 0 Å². The molecule has 1 fully saturated rings. The van der Waals surface area contributed by atoms with E-state index in [1.807, 2.05) is 11.9 Å². The number of anilines is 4. The molecule has 0 radical (unpaired) electrons. The Kier molecular flexibility index (Phi) is 6.30. The largest absolute Gasteiger partial charge is 0.367 e. The molecule has 36 heavy (non-hydrogen) atoms. The van der Waals surface area contributed by atoms with Crippen LogP contribution in [0.1, 0.15) is 0 Å². The summed E-state index contributed by atoms with van der Waals surface area (Å²) in [7, 11) is 2.00. The van der Waals surface area contributed by atoms with Crippen molar-refractivity contribution in [2.45, 2.75) is 0 Å². The maximum atomic E-state index is 15.0. The van der Waals surface area contributed by atoms with Crippen molar-refractivity contribution in [2.75, 3.05) is 48.8 Å². The summed E-state index contributed by atoms with van der Waals surface area (Å²) in [6.07, 6.45) is 4.32. The van der Waals surface area contributed by atoms with Crippen molar-refractivity contribution in [1.29, 1.82) is 0 Å². The Hall–Kier alpha value is -4.38. The fourth-order valence-electron chi connectivity index (χ4n) is 4.02. The van der Waals surface area contributed by atoms with Crippen molar-refractivity contribution >= 4 is 40.0 Å². The van der Waals surface area contributed by atoms with Crippen LogP contribution in [0.4, 0.5) is 31.8 Å². The molecule has 0 saturated carbocycles. The van der Waals surface area contributed by atoms with Gasteiger partial charge in [-0.15, -0.1) is 0 Å². The SMILES string of the molecule is C=CC(=O)Nc1cccc(-n2ncc3cnc(Nc4ccc(N5CCN(C)CC5)c(F)c4F)nc32)c1. The molecule has 0 bridgehead atoms. The van der Waals surface area contributed by atoms with Crippen molar-refractivity contribution in [1.82, 2.24) is 24.6 Å². The van der Waals surface area contributed by atoms with Crippen molar-refractivity contribution in [3.63, 3.8) is 0 Å². The third kappa shape index (κ3) is 4.60. The van der Waals surface area contributed by atoms with E-state index in [4.69, 9.17) is 0 Å².